The van der Waals surface area contributed by atoms with Gasteiger partial charge in [-0.15, -0.1) is 0 Å². The molecule has 0 heterocycles. The summed E-state index contributed by atoms with van der Waals surface area (Å²) in [4.78, 5) is 0. The van der Waals surface area contributed by atoms with Gasteiger partial charge in [0.1, 0.15) is 0 Å². The van der Waals surface area contributed by atoms with Crippen molar-refractivity contribution in [1.82, 2.24) is 0 Å². The monoisotopic (exact) mass is 95.1 g/mol. The van der Waals surface area contributed by atoms with Gasteiger partial charge in [-0.25, -0.2) is 0 Å². The Hall–Kier alpha value is -0.260. The first kappa shape index (κ1) is 4.89. The van der Waals surface area contributed by atoms with E-state index in [1.165, 1.54) is 12.8 Å². The van der Waals surface area contributed by atoms with E-state index in [0.29, 0.717) is 0 Å². The second-order valence-corrected chi connectivity index (χ2v) is 2.60. The Labute approximate surface area is 45.2 Å². The SMILES string of the molecule is [CH2]C1(C)C=CCC1. The number of allylic oxidation sites excluding steroid dienone is 2. The van der Waals surface area contributed by atoms with Crippen molar-refractivity contribution in [3.63, 3.8) is 0 Å². The highest BCUT2D eigenvalue weighted by Gasteiger charge is 2.15. The van der Waals surface area contributed by atoms with Crippen LogP contribution in [0.2, 0.25) is 0 Å². The molecule has 0 aromatic rings. The Morgan fingerprint density at radius 3 is 2.57 bits per heavy atom. The first-order chi connectivity index (χ1) is 3.21. The molecule has 1 aliphatic carbocycles. The summed E-state index contributed by atoms with van der Waals surface area (Å²) in [6.45, 7) is 6.15. The second kappa shape index (κ2) is 1.36. The minimum absolute atomic E-state index is 0.264. The van der Waals surface area contributed by atoms with Gasteiger partial charge in [0.15, 0.2) is 0 Å². The minimum atomic E-state index is 0.264. The summed E-state index contributed by atoms with van der Waals surface area (Å²) in [6, 6.07) is 0. The topological polar surface area (TPSA) is 0 Å². The molecule has 0 bridgehead atoms. The molecule has 0 heteroatoms. The maximum Gasteiger partial charge on any atom is -0.0143 e. The van der Waals surface area contributed by atoms with Crippen molar-refractivity contribution in [3.8, 4) is 0 Å². The first-order valence-electron chi connectivity index (χ1n) is 2.74. The van der Waals surface area contributed by atoms with Crippen LogP contribution in [0.15, 0.2) is 12.2 Å². The predicted molar refractivity (Wildman–Crippen MR) is 31.8 cm³/mol. The summed E-state index contributed by atoms with van der Waals surface area (Å²) in [5.41, 5.74) is 0.264. The molecule has 39 valence electrons. The van der Waals surface area contributed by atoms with Crippen molar-refractivity contribution in [1.29, 1.82) is 0 Å². The normalized spacial score (nSPS) is 26.0. The van der Waals surface area contributed by atoms with Gasteiger partial charge >= 0.3 is 0 Å². The first-order valence-corrected chi connectivity index (χ1v) is 2.74. The van der Waals surface area contributed by atoms with E-state index in [2.05, 4.69) is 26.0 Å². The molecule has 0 saturated carbocycles. The molecule has 0 amide bonds. The molecule has 1 rings (SSSR count). The summed E-state index contributed by atoms with van der Waals surface area (Å²) in [7, 11) is 0. The highest BCUT2D eigenvalue weighted by atomic mass is 14.2. The summed E-state index contributed by atoms with van der Waals surface area (Å²) in [6.07, 6.45) is 6.84. The number of hydrogen-bond donors (Lipinski definition) is 0. The van der Waals surface area contributed by atoms with Crippen LogP contribution in [0.1, 0.15) is 19.8 Å². The molecule has 1 atom stereocenters. The predicted octanol–water partition coefficient (Wildman–Crippen LogP) is 2.18. The van der Waals surface area contributed by atoms with Gasteiger partial charge in [-0.1, -0.05) is 19.1 Å². The fourth-order valence-corrected chi connectivity index (χ4v) is 0.864. The minimum Gasteiger partial charge on any atom is -0.0880 e. The van der Waals surface area contributed by atoms with Gasteiger partial charge in [0.25, 0.3) is 0 Å². The van der Waals surface area contributed by atoms with Crippen molar-refractivity contribution >= 4 is 0 Å². The Kier molecular flexibility index (Phi) is 0.949. The van der Waals surface area contributed by atoms with Crippen molar-refractivity contribution in [3.05, 3.63) is 19.1 Å². The van der Waals surface area contributed by atoms with E-state index in [-0.39, 0.29) is 5.41 Å². The number of hydrogen-bond acceptors (Lipinski definition) is 0. The third-order valence-corrected chi connectivity index (χ3v) is 1.40. The average molecular weight is 95.2 g/mol. The standard InChI is InChI=1S/C7H11/c1-7(2)5-3-4-6-7/h3,5H,1,4,6H2,2H3. The summed E-state index contributed by atoms with van der Waals surface area (Å²) in [5.74, 6) is 0. The van der Waals surface area contributed by atoms with Gasteiger partial charge in [-0.2, -0.15) is 0 Å². The molecule has 0 spiro atoms. The molecular weight excluding hydrogens is 84.1 g/mol. The van der Waals surface area contributed by atoms with Crippen LogP contribution in [0.5, 0.6) is 0 Å². The largest absolute Gasteiger partial charge is 0.0880 e. The van der Waals surface area contributed by atoms with Crippen LogP contribution in [0, 0.1) is 12.3 Å². The van der Waals surface area contributed by atoms with Crippen molar-refractivity contribution in [2.75, 3.05) is 0 Å². The maximum atomic E-state index is 3.98. The third-order valence-electron chi connectivity index (χ3n) is 1.40. The summed E-state index contributed by atoms with van der Waals surface area (Å²) >= 11 is 0. The highest BCUT2D eigenvalue weighted by Crippen LogP contribution is 2.28. The molecule has 0 nitrogen and oxygen atoms in total. The van der Waals surface area contributed by atoms with Crippen molar-refractivity contribution < 1.29 is 0 Å². The van der Waals surface area contributed by atoms with Crippen LogP contribution < -0.4 is 0 Å². The molecule has 1 unspecified atom stereocenters. The second-order valence-electron chi connectivity index (χ2n) is 2.60. The smallest absolute Gasteiger partial charge is 0.0143 e. The third kappa shape index (κ3) is 1.05. The Balaban J connectivity index is 2.57. The van der Waals surface area contributed by atoms with Crippen LogP contribution in [0.3, 0.4) is 0 Å². The van der Waals surface area contributed by atoms with Gasteiger partial charge in [-0.05, 0) is 25.2 Å². The molecule has 0 aromatic carbocycles. The van der Waals surface area contributed by atoms with Crippen LogP contribution in [0.4, 0.5) is 0 Å². The molecule has 7 heavy (non-hydrogen) atoms. The summed E-state index contributed by atoms with van der Waals surface area (Å²) in [5, 5.41) is 0. The van der Waals surface area contributed by atoms with Crippen LogP contribution in [-0.4, -0.2) is 0 Å². The van der Waals surface area contributed by atoms with Gasteiger partial charge in [0.05, 0.1) is 0 Å². The lowest BCUT2D eigenvalue weighted by atomic mass is 9.94. The molecule has 1 radical (unpaired) electrons. The van der Waals surface area contributed by atoms with Crippen LogP contribution in [0.25, 0.3) is 0 Å². The highest BCUT2D eigenvalue weighted by molar-refractivity contribution is 5.05. The van der Waals surface area contributed by atoms with E-state index in [9.17, 15) is 0 Å². The van der Waals surface area contributed by atoms with Crippen molar-refractivity contribution in [2.45, 2.75) is 19.8 Å². The van der Waals surface area contributed by atoms with Gasteiger partial charge in [0, 0.05) is 0 Å². The van der Waals surface area contributed by atoms with Gasteiger partial charge in [-0.3, -0.25) is 0 Å². The maximum absolute atomic E-state index is 3.98. The van der Waals surface area contributed by atoms with Gasteiger partial charge in [0.2, 0.25) is 0 Å². The van der Waals surface area contributed by atoms with Crippen molar-refractivity contribution in [2.24, 2.45) is 5.41 Å². The quantitative estimate of drug-likeness (QED) is 0.404. The molecule has 0 N–H and O–H groups in total. The molecular formula is C7H11. The fraction of sp³-hybridized carbons (Fsp3) is 0.571. The fourth-order valence-electron chi connectivity index (χ4n) is 0.864. The summed E-state index contributed by atoms with van der Waals surface area (Å²) < 4.78 is 0. The lowest BCUT2D eigenvalue weighted by molar-refractivity contribution is 0.533. The van der Waals surface area contributed by atoms with Crippen LogP contribution in [-0.2, 0) is 0 Å². The van der Waals surface area contributed by atoms with Gasteiger partial charge < -0.3 is 0 Å². The lowest BCUT2D eigenvalue weighted by Gasteiger charge is -2.11. The average Bonchev–Trinajstić information content (AvgIpc) is 1.84. The van der Waals surface area contributed by atoms with Crippen LogP contribution >= 0.6 is 0 Å². The molecule has 0 saturated heterocycles. The van der Waals surface area contributed by atoms with E-state index in [4.69, 9.17) is 0 Å². The number of rotatable bonds is 0. The Morgan fingerprint density at radius 2 is 2.43 bits per heavy atom. The molecule has 0 aromatic heterocycles. The Morgan fingerprint density at radius 1 is 1.71 bits per heavy atom. The zero-order valence-corrected chi connectivity index (χ0v) is 4.78. The lowest BCUT2D eigenvalue weighted by Crippen LogP contribution is -2.00. The van der Waals surface area contributed by atoms with E-state index >= 15 is 0 Å². The molecule has 0 aliphatic heterocycles. The zero-order chi connectivity index (χ0) is 5.33. The van der Waals surface area contributed by atoms with E-state index in [0.717, 1.165) is 0 Å². The van der Waals surface area contributed by atoms with E-state index in [1.54, 1.807) is 0 Å². The van der Waals surface area contributed by atoms with E-state index in [1.807, 2.05) is 0 Å². The zero-order valence-electron chi connectivity index (χ0n) is 4.78. The Bertz CT molecular complexity index is 88.2. The molecule has 1 aliphatic rings. The van der Waals surface area contributed by atoms with E-state index < -0.39 is 0 Å². The molecule has 0 fully saturated rings.